The Hall–Kier alpha value is -2.73. The van der Waals surface area contributed by atoms with Crippen molar-refractivity contribution in [3.63, 3.8) is 0 Å². The molecule has 6 heteroatoms. The number of hydrogen-bond acceptors (Lipinski definition) is 3. The van der Waals surface area contributed by atoms with Crippen molar-refractivity contribution in [2.24, 2.45) is 0 Å². The Bertz CT molecular complexity index is 1090. The molecular weight excluding hydrogens is 430 g/mol. The summed E-state index contributed by atoms with van der Waals surface area (Å²) in [5.41, 5.74) is 5.20. The smallest absolute Gasteiger partial charge is 0.270 e. The van der Waals surface area contributed by atoms with E-state index in [9.17, 15) is 9.59 Å². The van der Waals surface area contributed by atoms with Crippen LogP contribution < -0.4 is 10.2 Å². The molecule has 0 bridgehead atoms. The number of carbonyl (C=O) groups excluding carboxylic acids is 2. The van der Waals surface area contributed by atoms with Gasteiger partial charge in [-0.1, -0.05) is 44.7 Å². The summed E-state index contributed by atoms with van der Waals surface area (Å²) in [5, 5.41) is 2.83. The van der Waals surface area contributed by atoms with E-state index in [4.69, 9.17) is 12.2 Å². The second kappa shape index (κ2) is 10.0. The monoisotopic (exact) mass is 463 g/mol. The first kappa shape index (κ1) is 23.4. The topological polar surface area (TPSA) is 54.3 Å². The molecule has 0 radical (unpaired) electrons. The number of benzene rings is 1. The number of rotatable bonds is 6. The van der Waals surface area contributed by atoms with Crippen LogP contribution in [0.5, 0.6) is 0 Å². The number of aryl methyl sites for hydroxylation is 2. The predicted molar refractivity (Wildman–Crippen MR) is 137 cm³/mol. The maximum atomic E-state index is 13.4. The zero-order valence-electron chi connectivity index (χ0n) is 19.8. The van der Waals surface area contributed by atoms with E-state index in [0.717, 1.165) is 30.5 Å². The van der Waals surface area contributed by atoms with Gasteiger partial charge in [0.1, 0.15) is 5.57 Å². The van der Waals surface area contributed by atoms with Crippen LogP contribution in [0, 0.1) is 13.8 Å². The lowest BCUT2D eigenvalue weighted by molar-refractivity contribution is -0.122. The largest absolute Gasteiger partial charge is 0.346 e. The Morgan fingerprint density at radius 2 is 1.79 bits per heavy atom. The third kappa shape index (κ3) is 4.81. The van der Waals surface area contributed by atoms with Crippen LogP contribution in [0.4, 0.5) is 5.69 Å². The Kier molecular flexibility index (Phi) is 7.13. The van der Waals surface area contributed by atoms with Gasteiger partial charge in [-0.3, -0.25) is 19.8 Å². The van der Waals surface area contributed by atoms with Gasteiger partial charge in [-0.25, -0.2) is 0 Å². The fraction of sp³-hybridized carbons (Fsp3) is 0.444. The molecule has 1 aromatic carbocycles. The normalized spacial score (nSPS) is 18.8. The minimum Gasteiger partial charge on any atom is -0.346 e. The molecule has 2 heterocycles. The molecular formula is C27H33N3O2S. The van der Waals surface area contributed by atoms with Crippen molar-refractivity contribution in [2.75, 3.05) is 4.90 Å². The van der Waals surface area contributed by atoms with E-state index in [2.05, 4.69) is 36.7 Å². The SMILES string of the molecule is CCCCc1ccc(N2C(=O)C(=Cc3cc(C)n(C4CCCCC4)c3C)C(=O)NC2=S)cc1. The standard InChI is InChI=1S/C27H33N3O2S/c1-4-5-9-20-12-14-23(15-13-20)30-26(32)24(25(31)28-27(30)33)17-21-16-18(2)29(19(21)3)22-10-7-6-8-11-22/h12-17,22H,4-11H2,1-3H3,(H,28,31,33). The number of nitrogens with one attached hydrogen (secondary N) is 1. The van der Waals surface area contributed by atoms with Gasteiger partial charge in [-0.15, -0.1) is 0 Å². The molecule has 1 aromatic heterocycles. The summed E-state index contributed by atoms with van der Waals surface area (Å²) in [6, 6.07) is 10.4. The third-order valence-corrected chi connectivity index (χ3v) is 7.16. The predicted octanol–water partition coefficient (Wildman–Crippen LogP) is 5.78. The Labute approximate surface area is 201 Å². The maximum Gasteiger partial charge on any atom is 0.270 e. The van der Waals surface area contributed by atoms with Crippen molar-refractivity contribution in [3.8, 4) is 0 Å². The van der Waals surface area contributed by atoms with Gasteiger partial charge >= 0.3 is 0 Å². The van der Waals surface area contributed by atoms with Crippen molar-refractivity contribution in [2.45, 2.75) is 78.2 Å². The first-order valence-corrected chi connectivity index (χ1v) is 12.5. The highest BCUT2D eigenvalue weighted by atomic mass is 32.1. The molecule has 2 fully saturated rings. The molecule has 0 spiro atoms. The van der Waals surface area contributed by atoms with Crippen molar-refractivity contribution >= 4 is 40.9 Å². The zero-order valence-corrected chi connectivity index (χ0v) is 20.6. The summed E-state index contributed by atoms with van der Waals surface area (Å²) in [4.78, 5) is 27.6. The highest BCUT2D eigenvalue weighted by Crippen LogP contribution is 2.33. The molecule has 5 nitrogen and oxygen atoms in total. The van der Waals surface area contributed by atoms with Crippen LogP contribution in [0.1, 0.15) is 80.4 Å². The number of thiocarbonyl (C=S) groups is 1. The Morgan fingerprint density at radius 1 is 1.09 bits per heavy atom. The lowest BCUT2D eigenvalue weighted by atomic mass is 9.95. The van der Waals surface area contributed by atoms with Crippen LogP contribution in [0.25, 0.3) is 6.08 Å². The maximum absolute atomic E-state index is 13.4. The molecule has 0 unspecified atom stereocenters. The minimum atomic E-state index is -0.441. The molecule has 2 aromatic rings. The molecule has 1 aliphatic heterocycles. The van der Waals surface area contributed by atoms with Gasteiger partial charge in [0, 0.05) is 17.4 Å². The lowest BCUT2D eigenvalue weighted by Crippen LogP contribution is -2.54. The molecule has 174 valence electrons. The summed E-state index contributed by atoms with van der Waals surface area (Å²) in [5.74, 6) is -0.823. The Morgan fingerprint density at radius 3 is 2.45 bits per heavy atom. The number of carbonyl (C=O) groups is 2. The molecule has 1 saturated heterocycles. The summed E-state index contributed by atoms with van der Waals surface area (Å²) in [7, 11) is 0. The molecule has 4 rings (SSSR count). The number of nitrogens with zero attached hydrogens (tertiary/aromatic N) is 2. The molecule has 2 amide bonds. The van der Waals surface area contributed by atoms with Gasteiger partial charge < -0.3 is 4.57 Å². The summed E-state index contributed by atoms with van der Waals surface area (Å²) < 4.78 is 2.38. The van der Waals surface area contributed by atoms with Crippen LogP contribution in [-0.4, -0.2) is 21.5 Å². The zero-order chi connectivity index (χ0) is 23.5. The van der Waals surface area contributed by atoms with E-state index in [1.165, 1.54) is 48.3 Å². The van der Waals surface area contributed by atoms with Crippen molar-refractivity contribution in [1.82, 2.24) is 9.88 Å². The lowest BCUT2D eigenvalue weighted by Gasteiger charge is -2.29. The third-order valence-electron chi connectivity index (χ3n) is 6.88. The fourth-order valence-electron chi connectivity index (χ4n) is 5.09. The second-order valence-corrected chi connectivity index (χ2v) is 9.60. The van der Waals surface area contributed by atoms with Crippen LogP contribution in [0.15, 0.2) is 35.9 Å². The van der Waals surface area contributed by atoms with E-state index in [1.54, 1.807) is 6.08 Å². The molecule has 33 heavy (non-hydrogen) atoms. The highest BCUT2D eigenvalue weighted by molar-refractivity contribution is 7.80. The van der Waals surface area contributed by atoms with Crippen molar-refractivity contribution < 1.29 is 9.59 Å². The number of anilines is 1. The van der Waals surface area contributed by atoms with E-state index in [0.29, 0.717) is 11.7 Å². The summed E-state index contributed by atoms with van der Waals surface area (Å²) >= 11 is 5.36. The van der Waals surface area contributed by atoms with Crippen molar-refractivity contribution in [1.29, 1.82) is 0 Å². The van der Waals surface area contributed by atoms with Gasteiger partial charge in [0.05, 0.1) is 5.69 Å². The summed E-state index contributed by atoms with van der Waals surface area (Å²) in [6.07, 6.45) is 11.2. The molecule has 0 atom stereocenters. The van der Waals surface area contributed by atoms with E-state index in [-0.39, 0.29) is 16.6 Å². The number of unbranched alkanes of at least 4 members (excludes halogenated alkanes) is 1. The van der Waals surface area contributed by atoms with Crippen molar-refractivity contribution in [3.05, 3.63) is 58.4 Å². The average molecular weight is 464 g/mol. The van der Waals surface area contributed by atoms with Crippen LogP contribution >= 0.6 is 12.2 Å². The van der Waals surface area contributed by atoms with Crippen LogP contribution in [0.3, 0.4) is 0 Å². The number of aromatic nitrogens is 1. The quantitative estimate of drug-likeness (QED) is 0.335. The van der Waals surface area contributed by atoms with E-state index < -0.39 is 5.91 Å². The van der Waals surface area contributed by atoms with Gasteiger partial charge in [0.15, 0.2) is 5.11 Å². The Balaban J connectivity index is 1.63. The van der Waals surface area contributed by atoms with Crippen LogP contribution in [0.2, 0.25) is 0 Å². The first-order chi connectivity index (χ1) is 15.9. The number of amides is 2. The average Bonchev–Trinajstić information content (AvgIpc) is 3.09. The van der Waals surface area contributed by atoms with Gasteiger partial charge in [-0.2, -0.15) is 0 Å². The summed E-state index contributed by atoms with van der Waals surface area (Å²) in [6.45, 7) is 6.35. The highest BCUT2D eigenvalue weighted by Gasteiger charge is 2.35. The van der Waals surface area contributed by atoms with Crippen LogP contribution in [-0.2, 0) is 16.0 Å². The molecule has 1 aliphatic carbocycles. The van der Waals surface area contributed by atoms with Gasteiger partial charge in [0.2, 0.25) is 0 Å². The number of hydrogen-bond donors (Lipinski definition) is 1. The van der Waals surface area contributed by atoms with Gasteiger partial charge in [-0.05, 0) is 87.2 Å². The second-order valence-electron chi connectivity index (χ2n) is 9.22. The first-order valence-electron chi connectivity index (χ1n) is 12.1. The van der Waals surface area contributed by atoms with E-state index in [1.807, 2.05) is 24.3 Å². The fourth-order valence-corrected chi connectivity index (χ4v) is 5.37. The molecule has 1 N–H and O–H groups in total. The minimum absolute atomic E-state index is 0.113. The molecule has 2 aliphatic rings. The molecule has 1 saturated carbocycles. The van der Waals surface area contributed by atoms with Gasteiger partial charge in [0.25, 0.3) is 11.8 Å². The van der Waals surface area contributed by atoms with E-state index >= 15 is 0 Å².